The lowest BCUT2D eigenvalue weighted by atomic mass is 9.84. The summed E-state index contributed by atoms with van der Waals surface area (Å²) < 4.78 is 38.2. The zero-order chi connectivity index (χ0) is 16.6. The van der Waals surface area contributed by atoms with Crippen molar-refractivity contribution in [2.45, 2.75) is 12.3 Å². The summed E-state index contributed by atoms with van der Waals surface area (Å²) in [5.41, 5.74) is 1.31. The molecule has 3 rings (SSSR count). The van der Waals surface area contributed by atoms with E-state index in [0.29, 0.717) is 22.7 Å². The number of carbonyl (C=O) groups is 1. The van der Waals surface area contributed by atoms with Crippen molar-refractivity contribution in [3.05, 3.63) is 53.1 Å². The molecule has 0 aliphatic carbocycles. The van der Waals surface area contributed by atoms with E-state index in [1.54, 1.807) is 12.1 Å². The van der Waals surface area contributed by atoms with Crippen molar-refractivity contribution < 1.29 is 23.0 Å². The Morgan fingerprint density at radius 2 is 1.78 bits per heavy atom. The van der Waals surface area contributed by atoms with Gasteiger partial charge in [-0.1, -0.05) is 12.1 Å². The van der Waals surface area contributed by atoms with Crippen LogP contribution in [0.2, 0.25) is 0 Å². The predicted molar refractivity (Wildman–Crippen MR) is 81.0 cm³/mol. The molecule has 2 aromatic carbocycles. The van der Waals surface area contributed by atoms with Crippen LogP contribution in [0.25, 0.3) is 0 Å². The Bertz CT molecular complexity index is 777. The van der Waals surface area contributed by atoms with Gasteiger partial charge in [-0.05, 0) is 23.3 Å². The zero-order valence-corrected chi connectivity index (χ0v) is 12.7. The van der Waals surface area contributed by atoms with Crippen molar-refractivity contribution >= 4 is 11.6 Å². The van der Waals surface area contributed by atoms with Crippen molar-refractivity contribution in [2.75, 3.05) is 19.5 Å². The molecule has 0 saturated heterocycles. The highest BCUT2D eigenvalue weighted by Gasteiger charge is 2.30. The molecule has 120 valence electrons. The van der Waals surface area contributed by atoms with Gasteiger partial charge in [-0.2, -0.15) is 0 Å². The average molecular weight is 319 g/mol. The highest BCUT2D eigenvalue weighted by molar-refractivity contribution is 5.96. The van der Waals surface area contributed by atoms with Gasteiger partial charge >= 0.3 is 0 Å². The Morgan fingerprint density at radius 3 is 2.48 bits per heavy atom. The maximum Gasteiger partial charge on any atom is 0.225 e. The minimum absolute atomic E-state index is 0.0306. The molecule has 6 heteroatoms. The van der Waals surface area contributed by atoms with E-state index in [2.05, 4.69) is 5.32 Å². The van der Waals surface area contributed by atoms with Crippen molar-refractivity contribution in [3.63, 3.8) is 0 Å². The van der Waals surface area contributed by atoms with E-state index in [1.165, 1.54) is 26.4 Å². The summed E-state index contributed by atoms with van der Waals surface area (Å²) in [4.78, 5) is 12.0. The van der Waals surface area contributed by atoms with Crippen molar-refractivity contribution in [1.82, 2.24) is 0 Å². The highest BCUT2D eigenvalue weighted by atomic mass is 19.2. The number of methoxy groups -OCH3 is 2. The molecule has 0 fully saturated rings. The molecular weight excluding hydrogens is 304 g/mol. The third-order valence-corrected chi connectivity index (χ3v) is 3.95. The zero-order valence-electron chi connectivity index (χ0n) is 12.7. The van der Waals surface area contributed by atoms with Crippen LogP contribution in [0.5, 0.6) is 11.5 Å². The normalized spacial score (nSPS) is 16.5. The number of hydrogen-bond donors (Lipinski definition) is 1. The third kappa shape index (κ3) is 2.60. The van der Waals surface area contributed by atoms with E-state index in [-0.39, 0.29) is 17.9 Å². The fraction of sp³-hybridized carbons (Fsp3) is 0.235. The Morgan fingerprint density at radius 1 is 1.09 bits per heavy atom. The largest absolute Gasteiger partial charge is 0.493 e. The third-order valence-electron chi connectivity index (χ3n) is 3.95. The summed E-state index contributed by atoms with van der Waals surface area (Å²) in [6.07, 6.45) is 0.0306. The first-order valence-electron chi connectivity index (χ1n) is 7.04. The van der Waals surface area contributed by atoms with Crippen molar-refractivity contribution in [3.8, 4) is 11.5 Å². The van der Waals surface area contributed by atoms with E-state index in [1.807, 2.05) is 0 Å². The molecule has 0 aromatic heterocycles. The summed E-state index contributed by atoms with van der Waals surface area (Å²) in [5, 5.41) is 2.73. The molecule has 2 aromatic rings. The number of amides is 1. The molecule has 0 radical (unpaired) electrons. The summed E-state index contributed by atoms with van der Waals surface area (Å²) in [6.45, 7) is 0. The number of benzene rings is 2. The van der Waals surface area contributed by atoms with Crippen LogP contribution in [0.4, 0.5) is 14.5 Å². The molecule has 23 heavy (non-hydrogen) atoms. The summed E-state index contributed by atoms with van der Waals surface area (Å²) in [6, 6.07) is 7.28. The van der Waals surface area contributed by atoms with Crippen LogP contribution >= 0.6 is 0 Å². The summed E-state index contributed by atoms with van der Waals surface area (Å²) >= 11 is 0. The fourth-order valence-electron chi connectivity index (χ4n) is 2.85. The number of halogens is 2. The van der Waals surface area contributed by atoms with Crippen LogP contribution in [0.3, 0.4) is 0 Å². The molecule has 0 spiro atoms. The Labute approximate surface area is 132 Å². The number of hydrogen-bond acceptors (Lipinski definition) is 3. The number of rotatable bonds is 3. The van der Waals surface area contributed by atoms with Gasteiger partial charge in [0.05, 0.1) is 14.2 Å². The lowest BCUT2D eigenvalue weighted by Gasteiger charge is -2.27. The van der Waals surface area contributed by atoms with Gasteiger partial charge in [-0.25, -0.2) is 8.78 Å². The fourth-order valence-corrected chi connectivity index (χ4v) is 2.85. The monoisotopic (exact) mass is 319 g/mol. The van der Waals surface area contributed by atoms with Crippen LogP contribution in [0.15, 0.2) is 30.3 Å². The predicted octanol–water partition coefficient (Wildman–Crippen LogP) is 3.46. The SMILES string of the molecule is COc1cc2c(cc1OC)[C@@H](c1cccc(F)c1F)CC(=O)N2. The summed E-state index contributed by atoms with van der Waals surface area (Å²) in [5.74, 6) is -1.81. The first-order chi connectivity index (χ1) is 11.0. The van der Waals surface area contributed by atoms with Crippen molar-refractivity contribution in [1.29, 1.82) is 0 Å². The summed E-state index contributed by atoms with van der Waals surface area (Å²) in [7, 11) is 2.97. The highest BCUT2D eigenvalue weighted by Crippen LogP contribution is 2.43. The van der Waals surface area contributed by atoms with Gasteiger partial charge in [0.2, 0.25) is 5.91 Å². The molecule has 1 N–H and O–H groups in total. The minimum Gasteiger partial charge on any atom is -0.493 e. The smallest absolute Gasteiger partial charge is 0.225 e. The van der Waals surface area contributed by atoms with Crippen LogP contribution in [0, 0.1) is 11.6 Å². The van der Waals surface area contributed by atoms with E-state index in [0.717, 1.165) is 6.07 Å². The van der Waals surface area contributed by atoms with E-state index < -0.39 is 17.6 Å². The molecule has 4 nitrogen and oxygen atoms in total. The second-order valence-electron chi connectivity index (χ2n) is 5.24. The topological polar surface area (TPSA) is 47.6 Å². The van der Waals surface area contributed by atoms with Crippen molar-refractivity contribution in [2.24, 2.45) is 0 Å². The molecule has 0 bridgehead atoms. The van der Waals surface area contributed by atoms with Gasteiger partial charge in [-0.3, -0.25) is 4.79 Å². The second-order valence-corrected chi connectivity index (χ2v) is 5.24. The number of fused-ring (bicyclic) bond motifs is 1. The van der Waals surface area contributed by atoms with Gasteiger partial charge in [-0.15, -0.1) is 0 Å². The van der Waals surface area contributed by atoms with Crippen LogP contribution < -0.4 is 14.8 Å². The maximum absolute atomic E-state index is 14.2. The molecule has 1 heterocycles. The lowest BCUT2D eigenvalue weighted by Crippen LogP contribution is -2.24. The van der Waals surface area contributed by atoms with E-state index >= 15 is 0 Å². The average Bonchev–Trinajstić information content (AvgIpc) is 2.55. The van der Waals surface area contributed by atoms with Gasteiger partial charge in [0.1, 0.15) is 0 Å². The molecule has 0 unspecified atom stereocenters. The number of carbonyl (C=O) groups excluding carboxylic acids is 1. The van der Waals surface area contributed by atoms with Crippen LogP contribution in [-0.4, -0.2) is 20.1 Å². The number of nitrogens with one attached hydrogen (secondary N) is 1. The Hall–Kier alpha value is -2.63. The van der Waals surface area contributed by atoms with Gasteiger partial charge < -0.3 is 14.8 Å². The van der Waals surface area contributed by atoms with Crippen LogP contribution in [0.1, 0.15) is 23.5 Å². The lowest BCUT2D eigenvalue weighted by molar-refractivity contribution is -0.116. The molecule has 1 atom stereocenters. The molecule has 1 aliphatic rings. The Kier molecular flexibility index (Phi) is 3.90. The molecular formula is C17H15F2NO3. The second kappa shape index (κ2) is 5.87. The van der Waals surface area contributed by atoms with Gasteiger partial charge in [0.25, 0.3) is 0 Å². The standard InChI is InChI=1S/C17H15F2NO3/c1-22-14-6-11-10(9-4-3-5-12(18)17(9)19)7-16(21)20-13(11)8-15(14)23-2/h3-6,8,10H,7H2,1-2H3,(H,20,21)/t10-/m1/s1. The van der Waals surface area contributed by atoms with E-state index in [4.69, 9.17) is 9.47 Å². The van der Waals surface area contributed by atoms with E-state index in [9.17, 15) is 13.6 Å². The first kappa shape index (κ1) is 15.3. The number of anilines is 1. The number of ether oxygens (including phenoxy) is 2. The van der Waals surface area contributed by atoms with Gasteiger partial charge in [0, 0.05) is 24.1 Å². The molecule has 1 aliphatic heterocycles. The first-order valence-corrected chi connectivity index (χ1v) is 7.04. The Balaban J connectivity index is 2.18. The minimum atomic E-state index is -0.937. The molecule has 1 amide bonds. The van der Waals surface area contributed by atoms with Crippen LogP contribution in [-0.2, 0) is 4.79 Å². The maximum atomic E-state index is 14.2. The molecule has 0 saturated carbocycles. The van der Waals surface area contributed by atoms with Gasteiger partial charge in [0.15, 0.2) is 23.1 Å². The quantitative estimate of drug-likeness (QED) is 0.942.